The van der Waals surface area contributed by atoms with Gasteiger partial charge in [0.05, 0.1) is 8.52 Å². The van der Waals surface area contributed by atoms with Gasteiger partial charge >= 0.3 is 24.8 Å². The molecule has 104 heavy (non-hydrogen) atoms. The fourth-order valence-electron chi connectivity index (χ4n) is 13.6. The van der Waals surface area contributed by atoms with Gasteiger partial charge in [0, 0.05) is 47.5 Å². The third kappa shape index (κ3) is 25.0. The molecule has 0 aliphatic heterocycles. The quantitative estimate of drug-likeness (QED) is 0.0331. The van der Waals surface area contributed by atoms with Crippen molar-refractivity contribution in [1.29, 1.82) is 0 Å². The minimum absolute atomic E-state index is 1.00. The first-order valence-corrected chi connectivity index (χ1v) is 39.8. The molecule has 0 bridgehead atoms. The molecule has 3 nitrogen and oxygen atoms in total. The maximum Gasteiger partial charge on any atom is 0.0461 e. The Kier molecular flexibility index (Phi) is 32.0. The summed E-state index contributed by atoms with van der Waals surface area (Å²) in [5.74, 6) is 0. The zero-order valence-corrected chi connectivity index (χ0v) is 65.6. The van der Waals surface area contributed by atoms with Crippen LogP contribution < -0.4 is 9.80 Å². The van der Waals surface area contributed by atoms with Crippen molar-refractivity contribution in [2.75, 3.05) is 17.0 Å². The number of unbranched alkanes of at least 4 members (excludes halogenated alkanes) is 6. The molecule has 12 aromatic carbocycles. The summed E-state index contributed by atoms with van der Waals surface area (Å²) in [6, 6.07) is 107. The number of nitrogens with zero attached hydrogens (tertiary/aromatic N) is 3. The number of para-hydroxylation sites is 2. The molecule has 12 aromatic rings. The Bertz CT molecular complexity index is 4360. The molecule has 529 valence electrons. The van der Waals surface area contributed by atoms with Crippen LogP contribution in [-0.2, 0) is 83.5 Å². The van der Waals surface area contributed by atoms with Gasteiger partial charge in [-0.2, -0.15) is 0 Å². The Hall–Kier alpha value is -8.18. The van der Waals surface area contributed by atoms with Gasteiger partial charge in [-0.3, -0.25) is 4.39 Å². The zero-order chi connectivity index (χ0) is 73.1. The van der Waals surface area contributed by atoms with Crippen molar-refractivity contribution >= 4 is 102 Å². The predicted octanol–water partition coefficient (Wildman–Crippen LogP) is 27.5. The van der Waals surface area contributed by atoms with Crippen molar-refractivity contribution in [2.24, 2.45) is 4.30 Å². The monoisotopic (exact) mass is 1580 g/mol. The van der Waals surface area contributed by atoms with Gasteiger partial charge in [0.15, 0.2) is 0 Å². The second kappa shape index (κ2) is 43.3. The molecule has 0 saturated carbocycles. The summed E-state index contributed by atoms with van der Waals surface area (Å²) in [5.41, 5.74) is 28.1. The summed E-state index contributed by atoms with van der Waals surface area (Å²) < 4.78 is 21.5. The van der Waals surface area contributed by atoms with Crippen LogP contribution in [0.1, 0.15) is 137 Å². The second-order valence-corrected chi connectivity index (χ2v) is 30.0. The second-order valence-electron chi connectivity index (χ2n) is 27.0. The first-order valence-electron chi connectivity index (χ1n) is 37.8. The van der Waals surface area contributed by atoms with Gasteiger partial charge in [-0.1, -0.05) is 255 Å². The largest absolute Gasteiger partial charge is 0.311 e. The van der Waals surface area contributed by atoms with Crippen LogP contribution in [0.15, 0.2) is 315 Å². The molecule has 15 rings (SSSR count). The fourth-order valence-corrected chi connectivity index (χ4v) is 14.4. The Balaban J connectivity index is 0.000000153. The SMILES string of the molecule is Brc1ccc(CCCCCc2ccc3c(c2)CC3)cc1.Brc1ccc(N(c2ccc(Br)cc2)c2ccc(CCCCCc3ccc4c(c3)CC4)cc2)cc1.[2H]CF.[B]=NS.c1ccc(Cc2ccccc2)cc1.c1ccc(N(c2ccccc2)c2ccc(CCCCCc3ccc4c(c3)CC4)cc2)cc1. The molecule has 3 aliphatic rings. The summed E-state index contributed by atoms with van der Waals surface area (Å²) in [6.45, 7) is 0. The van der Waals surface area contributed by atoms with Crippen LogP contribution in [0.2, 0.25) is 0 Å². The van der Waals surface area contributed by atoms with Gasteiger partial charge in [0.2, 0.25) is 0 Å². The number of rotatable bonds is 26. The van der Waals surface area contributed by atoms with Crippen LogP contribution in [0.25, 0.3) is 0 Å². The van der Waals surface area contributed by atoms with E-state index in [0.29, 0.717) is 0 Å². The third-order valence-corrected chi connectivity index (χ3v) is 21.3. The maximum absolute atomic E-state index is 9.96. The normalized spacial score (nSPS) is 11.7. The Morgan fingerprint density at radius 3 is 0.769 bits per heavy atom. The zero-order valence-electron chi connectivity index (χ0n) is 60.9. The summed E-state index contributed by atoms with van der Waals surface area (Å²) in [5, 5.41) is 0. The molecule has 0 atom stereocenters. The number of alkyl halides is 1. The van der Waals surface area contributed by atoms with Gasteiger partial charge in [-0.05, 0) is 309 Å². The molecule has 0 heterocycles. The van der Waals surface area contributed by atoms with E-state index in [4.69, 9.17) is 1.37 Å². The van der Waals surface area contributed by atoms with E-state index in [9.17, 15) is 4.39 Å². The van der Waals surface area contributed by atoms with Crippen LogP contribution in [0, 0.1) is 0 Å². The average molecular weight is 1580 g/mol. The Labute approximate surface area is 653 Å². The van der Waals surface area contributed by atoms with Gasteiger partial charge in [-0.25, -0.2) is 0 Å². The number of benzene rings is 12. The first-order chi connectivity index (χ1) is 51.6. The number of anilines is 6. The van der Waals surface area contributed by atoms with Crippen LogP contribution >= 0.6 is 60.6 Å². The number of halogens is 4. The van der Waals surface area contributed by atoms with Crippen LogP contribution in [0.4, 0.5) is 38.5 Å². The summed E-state index contributed by atoms with van der Waals surface area (Å²) in [6.07, 6.45) is 27.5. The van der Waals surface area contributed by atoms with Crippen molar-refractivity contribution in [3.8, 4) is 0 Å². The Morgan fingerprint density at radius 2 is 0.510 bits per heavy atom. The third-order valence-electron chi connectivity index (χ3n) is 19.7. The average Bonchev–Trinajstić information content (AvgIpc) is 0.848. The molecule has 0 N–H and O–H groups in total. The van der Waals surface area contributed by atoms with Crippen LogP contribution in [0.3, 0.4) is 0 Å². The van der Waals surface area contributed by atoms with Crippen molar-refractivity contribution in [3.05, 3.63) is 389 Å². The van der Waals surface area contributed by atoms with Crippen molar-refractivity contribution in [1.82, 2.24) is 0 Å². The molecule has 0 amide bonds. The smallest absolute Gasteiger partial charge is 0.0461 e. The number of hydrogen-bond donors (Lipinski definition) is 1. The molecular weight excluding hydrogens is 1480 g/mol. The minimum atomic E-state index is -1.00. The molecule has 0 saturated heterocycles. The van der Waals surface area contributed by atoms with Crippen molar-refractivity contribution in [3.63, 3.8) is 0 Å². The molecule has 3 aliphatic carbocycles. The van der Waals surface area contributed by atoms with Gasteiger partial charge in [0.25, 0.3) is 0 Å². The minimum Gasteiger partial charge on any atom is -0.311 e. The molecule has 0 unspecified atom stereocenters. The standard InChI is InChI=1S/C31H29Br2N.C31H31N.C19H21Br.C13H12.CH3F.BHNS/c32-27-12-18-30(19-13-27)34(31-20-14-28(33)15-21-31)29-16-7-23(8-17-29)4-2-1-3-5-24-6-9-25-10-11-26(25)22-24;1(5-11-26-16-19-27-20-21-28(27)24-26)4-10-25-17-22-31(23-18-25)32(29-12-6-2-7-13-29)30-14-8-3-9-15-30;20-19-12-7-15(8-13-19)4-2-1-3-5-16-6-9-17-10-11-18(17)14-16;1-3-7-12(8-4-1)11-13-9-5-2-6-10-13;1-2;1-2-3/h6-9,12-22H,1-5,10-11H2;2-3,6-9,12-19,22-24H,1,4-5,10-11,20-21H2;6-9,12-14H,1-5,10-11H2;1-10H,11H2;1H3;3H/i;;;;1D;. The number of fused-ring (bicyclic) bond motifs is 3. The topological polar surface area (TPSA) is 18.8 Å². The number of thiol groups is 1. The van der Waals surface area contributed by atoms with E-state index in [1.807, 2.05) is 0 Å². The van der Waals surface area contributed by atoms with E-state index in [1.165, 1.54) is 194 Å². The van der Waals surface area contributed by atoms with Crippen molar-refractivity contribution in [2.45, 2.75) is 141 Å². The predicted molar refractivity (Wildman–Crippen MR) is 457 cm³/mol. The molecular formula is C95H97BBr3FN3S. The summed E-state index contributed by atoms with van der Waals surface area (Å²) in [7, 11) is 3.34. The molecule has 9 heteroatoms. The molecule has 0 spiro atoms. The van der Waals surface area contributed by atoms with Gasteiger partial charge in [-0.15, -0.1) is 0 Å². The van der Waals surface area contributed by atoms with Gasteiger partial charge < -0.3 is 9.80 Å². The van der Waals surface area contributed by atoms with E-state index in [0.717, 1.165) is 39.6 Å². The van der Waals surface area contributed by atoms with E-state index in [2.05, 4.69) is 380 Å². The maximum atomic E-state index is 9.96. The summed E-state index contributed by atoms with van der Waals surface area (Å²) in [4.78, 5) is 4.62. The van der Waals surface area contributed by atoms with Crippen LogP contribution in [-0.4, -0.2) is 14.8 Å². The van der Waals surface area contributed by atoms with Gasteiger partial charge in [0.1, 0.15) is 0 Å². The van der Waals surface area contributed by atoms with E-state index in [1.54, 1.807) is 33.4 Å². The first kappa shape index (κ1) is 76.9. The summed E-state index contributed by atoms with van der Waals surface area (Å²) >= 11 is 13.8. The molecule has 0 aromatic heterocycles. The van der Waals surface area contributed by atoms with E-state index in [-0.39, 0.29) is 0 Å². The van der Waals surface area contributed by atoms with E-state index < -0.39 is 7.15 Å². The van der Waals surface area contributed by atoms with E-state index >= 15 is 0 Å². The molecule has 1 radical (unpaired) electrons. The number of hydrogen-bond acceptors (Lipinski definition) is 4. The molecule has 0 fully saturated rings. The Morgan fingerprint density at radius 1 is 0.298 bits per heavy atom. The fraction of sp³-hybridized carbons (Fsp3) is 0.242. The van der Waals surface area contributed by atoms with Crippen LogP contribution in [0.5, 0.6) is 0 Å². The van der Waals surface area contributed by atoms with Crippen molar-refractivity contribution < 1.29 is 5.76 Å². The number of aryl methyl sites for hydroxylation is 12.